The molecule has 5 nitrogen and oxygen atoms in total. The maximum atomic E-state index is 10.6. The molecule has 0 saturated carbocycles. The first-order valence-electron chi connectivity index (χ1n) is 4.24. The SMILES string of the molecule is C[C@@H](C(=O)O)[C@@H]1CC[C@@H](C(=O)O)N1. The molecule has 13 heavy (non-hydrogen) atoms. The molecule has 3 N–H and O–H groups in total. The molecule has 0 aromatic carbocycles. The van der Waals surface area contributed by atoms with E-state index in [1.54, 1.807) is 6.92 Å². The van der Waals surface area contributed by atoms with Gasteiger partial charge in [-0.05, 0) is 12.8 Å². The van der Waals surface area contributed by atoms with Crippen LogP contribution in [0.1, 0.15) is 19.8 Å². The van der Waals surface area contributed by atoms with Gasteiger partial charge in [-0.15, -0.1) is 0 Å². The predicted octanol–water partition coefficient (Wildman–Crippen LogP) is -0.0877. The predicted molar refractivity (Wildman–Crippen MR) is 44.4 cm³/mol. The van der Waals surface area contributed by atoms with Crippen molar-refractivity contribution in [1.82, 2.24) is 5.32 Å². The van der Waals surface area contributed by atoms with Crippen LogP contribution in [0.3, 0.4) is 0 Å². The van der Waals surface area contributed by atoms with E-state index in [-0.39, 0.29) is 6.04 Å². The second-order valence-electron chi connectivity index (χ2n) is 3.37. The highest BCUT2D eigenvalue weighted by molar-refractivity contribution is 5.75. The summed E-state index contributed by atoms with van der Waals surface area (Å²) in [7, 11) is 0. The molecule has 0 aliphatic carbocycles. The lowest BCUT2D eigenvalue weighted by molar-refractivity contribution is -0.143. The minimum atomic E-state index is -0.903. The van der Waals surface area contributed by atoms with E-state index >= 15 is 0 Å². The Morgan fingerprint density at radius 2 is 2.00 bits per heavy atom. The number of aliphatic carboxylic acids is 2. The fourth-order valence-electron chi connectivity index (χ4n) is 1.53. The van der Waals surface area contributed by atoms with E-state index in [0.717, 1.165) is 0 Å². The molecule has 0 spiro atoms. The number of hydrogen-bond acceptors (Lipinski definition) is 3. The summed E-state index contributed by atoms with van der Waals surface area (Å²) in [6.45, 7) is 1.59. The molecule has 0 bridgehead atoms. The van der Waals surface area contributed by atoms with Gasteiger partial charge in [0.25, 0.3) is 0 Å². The van der Waals surface area contributed by atoms with Gasteiger partial charge in [0.2, 0.25) is 0 Å². The lowest BCUT2D eigenvalue weighted by Crippen LogP contribution is -2.40. The summed E-state index contributed by atoms with van der Waals surface area (Å²) in [5.74, 6) is -2.31. The van der Waals surface area contributed by atoms with Crippen LogP contribution in [0.15, 0.2) is 0 Å². The van der Waals surface area contributed by atoms with Crippen LogP contribution in [0.4, 0.5) is 0 Å². The van der Waals surface area contributed by atoms with Gasteiger partial charge in [-0.2, -0.15) is 0 Å². The van der Waals surface area contributed by atoms with Crippen molar-refractivity contribution in [2.45, 2.75) is 31.8 Å². The molecule has 3 atom stereocenters. The van der Waals surface area contributed by atoms with E-state index in [2.05, 4.69) is 5.32 Å². The Hall–Kier alpha value is -1.10. The van der Waals surface area contributed by atoms with Gasteiger partial charge in [0, 0.05) is 6.04 Å². The fourth-order valence-corrected chi connectivity index (χ4v) is 1.53. The zero-order valence-electron chi connectivity index (χ0n) is 7.36. The third-order valence-corrected chi connectivity index (χ3v) is 2.47. The highest BCUT2D eigenvalue weighted by Crippen LogP contribution is 2.19. The number of carboxylic acid groups (broad SMARTS) is 2. The molecule has 0 aromatic rings. The van der Waals surface area contributed by atoms with Crippen LogP contribution < -0.4 is 5.32 Å². The highest BCUT2D eigenvalue weighted by atomic mass is 16.4. The van der Waals surface area contributed by atoms with E-state index in [1.165, 1.54) is 0 Å². The van der Waals surface area contributed by atoms with Gasteiger partial charge in [0.05, 0.1) is 5.92 Å². The largest absolute Gasteiger partial charge is 0.481 e. The lowest BCUT2D eigenvalue weighted by atomic mass is 10.0. The van der Waals surface area contributed by atoms with Gasteiger partial charge in [-0.3, -0.25) is 9.59 Å². The molecule has 0 amide bonds. The Morgan fingerprint density at radius 1 is 1.38 bits per heavy atom. The second kappa shape index (κ2) is 3.74. The Morgan fingerprint density at radius 3 is 2.38 bits per heavy atom. The fraction of sp³-hybridized carbons (Fsp3) is 0.750. The van der Waals surface area contributed by atoms with Gasteiger partial charge < -0.3 is 15.5 Å². The van der Waals surface area contributed by atoms with Crippen LogP contribution in [-0.2, 0) is 9.59 Å². The van der Waals surface area contributed by atoms with Crippen LogP contribution in [-0.4, -0.2) is 34.2 Å². The van der Waals surface area contributed by atoms with Crippen molar-refractivity contribution in [3.8, 4) is 0 Å². The smallest absolute Gasteiger partial charge is 0.320 e. The number of nitrogens with one attached hydrogen (secondary N) is 1. The Bertz CT molecular complexity index is 228. The standard InChI is InChI=1S/C8H13NO4/c1-4(7(10)11)5-2-3-6(9-5)8(12)13/h4-6,9H,2-3H2,1H3,(H,10,11)(H,12,13)/t4-,5+,6+/m1/s1. The Labute approximate surface area is 75.7 Å². The monoisotopic (exact) mass is 187 g/mol. The van der Waals surface area contributed by atoms with Crippen LogP contribution >= 0.6 is 0 Å². The van der Waals surface area contributed by atoms with Crippen LogP contribution in [0.2, 0.25) is 0 Å². The molecular weight excluding hydrogens is 174 g/mol. The number of hydrogen-bond donors (Lipinski definition) is 3. The maximum absolute atomic E-state index is 10.6. The van der Waals surface area contributed by atoms with Crippen molar-refractivity contribution in [2.75, 3.05) is 0 Å². The minimum absolute atomic E-state index is 0.210. The first kappa shape index (κ1) is 9.98. The van der Waals surface area contributed by atoms with E-state index in [4.69, 9.17) is 10.2 Å². The zero-order valence-corrected chi connectivity index (χ0v) is 7.36. The van der Waals surface area contributed by atoms with Crippen molar-refractivity contribution in [2.24, 2.45) is 5.92 Å². The van der Waals surface area contributed by atoms with Gasteiger partial charge in [-0.25, -0.2) is 0 Å². The summed E-state index contributed by atoms with van der Waals surface area (Å²) < 4.78 is 0. The molecule has 0 radical (unpaired) electrons. The van der Waals surface area contributed by atoms with Gasteiger partial charge in [0.15, 0.2) is 0 Å². The van der Waals surface area contributed by atoms with E-state index in [1.807, 2.05) is 0 Å². The summed E-state index contributed by atoms with van der Waals surface area (Å²) in [6, 6.07) is -0.787. The van der Waals surface area contributed by atoms with E-state index in [0.29, 0.717) is 12.8 Å². The van der Waals surface area contributed by atoms with Crippen molar-refractivity contribution in [3.63, 3.8) is 0 Å². The average molecular weight is 187 g/mol. The van der Waals surface area contributed by atoms with Crippen LogP contribution in [0.25, 0.3) is 0 Å². The molecule has 0 unspecified atom stereocenters. The first-order chi connectivity index (χ1) is 6.02. The van der Waals surface area contributed by atoms with Crippen molar-refractivity contribution in [1.29, 1.82) is 0 Å². The van der Waals surface area contributed by atoms with Crippen molar-refractivity contribution >= 4 is 11.9 Å². The summed E-state index contributed by atoms with van der Waals surface area (Å²) in [6.07, 6.45) is 1.13. The average Bonchev–Trinajstić information content (AvgIpc) is 2.50. The molecule has 1 rings (SSSR count). The summed E-state index contributed by atoms with van der Waals surface area (Å²) in [5, 5.41) is 20.1. The molecule has 5 heteroatoms. The molecular formula is C8H13NO4. The normalized spacial score (nSPS) is 29.9. The lowest BCUT2D eigenvalue weighted by Gasteiger charge is -2.15. The minimum Gasteiger partial charge on any atom is -0.481 e. The third-order valence-electron chi connectivity index (χ3n) is 2.47. The first-order valence-corrected chi connectivity index (χ1v) is 4.24. The number of carbonyl (C=O) groups is 2. The molecule has 1 aliphatic heterocycles. The molecule has 1 saturated heterocycles. The quantitative estimate of drug-likeness (QED) is 0.575. The summed E-state index contributed by atoms with van der Waals surface area (Å²) in [4.78, 5) is 21.1. The topological polar surface area (TPSA) is 86.6 Å². The van der Waals surface area contributed by atoms with E-state index in [9.17, 15) is 9.59 Å². The van der Waals surface area contributed by atoms with Crippen molar-refractivity contribution < 1.29 is 19.8 Å². The van der Waals surface area contributed by atoms with Gasteiger partial charge >= 0.3 is 11.9 Å². The maximum Gasteiger partial charge on any atom is 0.320 e. The van der Waals surface area contributed by atoms with Gasteiger partial charge in [0.1, 0.15) is 6.04 Å². The molecule has 1 fully saturated rings. The molecule has 0 aromatic heterocycles. The number of carboxylic acids is 2. The Balaban J connectivity index is 2.49. The number of rotatable bonds is 3. The zero-order chi connectivity index (χ0) is 10.0. The van der Waals surface area contributed by atoms with Crippen LogP contribution in [0.5, 0.6) is 0 Å². The molecule has 1 aliphatic rings. The summed E-state index contributed by atoms with van der Waals surface area (Å²) >= 11 is 0. The van der Waals surface area contributed by atoms with E-state index < -0.39 is 23.9 Å². The molecule has 1 heterocycles. The van der Waals surface area contributed by atoms with Crippen molar-refractivity contribution in [3.05, 3.63) is 0 Å². The van der Waals surface area contributed by atoms with Crippen LogP contribution in [0, 0.1) is 5.92 Å². The summed E-state index contributed by atoms with van der Waals surface area (Å²) in [5.41, 5.74) is 0. The third kappa shape index (κ3) is 2.18. The van der Waals surface area contributed by atoms with Gasteiger partial charge in [-0.1, -0.05) is 6.92 Å². The highest BCUT2D eigenvalue weighted by Gasteiger charge is 2.34. The second-order valence-corrected chi connectivity index (χ2v) is 3.37. The molecule has 74 valence electrons. The Kier molecular flexibility index (Phi) is 2.87.